The lowest BCUT2D eigenvalue weighted by Gasteiger charge is -2.16. The maximum atomic E-state index is 11.7. The second kappa shape index (κ2) is 7.64. The minimum Gasteiger partial charge on any atom is -0.484 e. The molecular weight excluding hydrogens is 270 g/mol. The molecule has 0 spiro atoms. The first-order valence-electron chi connectivity index (χ1n) is 7.13. The van der Waals surface area contributed by atoms with Crippen LogP contribution >= 0.6 is 0 Å². The fourth-order valence-electron chi connectivity index (χ4n) is 2.02. The average Bonchev–Trinajstić information content (AvgIpc) is 3.34. The van der Waals surface area contributed by atoms with E-state index in [4.69, 9.17) is 10.5 Å². The highest BCUT2D eigenvalue weighted by Crippen LogP contribution is 2.32. The van der Waals surface area contributed by atoms with Crippen molar-refractivity contribution >= 4 is 11.8 Å². The maximum absolute atomic E-state index is 11.7. The highest BCUT2D eigenvalue weighted by atomic mass is 16.5. The molecule has 1 aliphatic rings. The number of carbonyl (C=O) groups excluding carboxylic acids is 2. The van der Waals surface area contributed by atoms with Crippen molar-refractivity contribution in [1.82, 2.24) is 10.6 Å². The Hall–Kier alpha value is -2.08. The van der Waals surface area contributed by atoms with Crippen molar-refractivity contribution in [3.05, 3.63) is 30.3 Å². The lowest BCUT2D eigenvalue weighted by Crippen LogP contribution is -2.46. The molecule has 2 amide bonds. The molecule has 1 aromatic carbocycles. The first kappa shape index (κ1) is 15.3. The molecule has 0 saturated heterocycles. The molecule has 1 fully saturated rings. The van der Waals surface area contributed by atoms with Gasteiger partial charge >= 0.3 is 0 Å². The van der Waals surface area contributed by atoms with E-state index >= 15 is 0 Å². The smallest absolute Gasteiger partial charge is 0.258 e. The van der Waals surface area contributed by atoms with E-state index in [1.807, 2.05) is 18.2 Å². The summed E-state index contributed by atoms with van der Waals surface area (Å²) in [6, 6.07) is 9.07. The SMILES string of the molecule is NCC(NC(=O)CNC(=O)COc1ccccc1)C1CC1. The molecule has 1 unspecified atom stereocenters. The Morgan fingerprint density at radius 3 is 2.57 bits per heavy atom. The van der Waals surface area contributed by atoms with Crippen LogP contribution in [-0.2, 0) is 9.59 Å². The number of hydrogen-bond donors (Lipinski definition) is 3. The fraction of sp³-hybridized carbons (Fsp3) is 0.467. The van der Waals surface area contributed by atoms with E-state index < -0.39 is 0 Å². The van der Waals surface area contributed by atoms with E-state index in [0.717, 1.165) is 12.8 Å². The molecule has 114 valence electrons. The number of amides is 2. The third kappa shape index (κ3) is 5.43. The van der Waals surface area contributed by atoms with Crippen molar-refractivity contribution in [2.75, 3.05) is 19.7 Å². The van der Waals surface area contributed by atoms with Gasteiger partial charge in [-0.05, 0) is 30.9 Å². The van der Waals surface area contributed by atoms with Gasteiger partial charge in [0.2, 0.25) is 5.91 Å². The van der Waals surface area contributed by atoms with E-state index in [-0.39, 0.29) is 31.0 Å². The number of hydrogen-bond acceptors (Lipinski definition) is 4. The molecular formula is C15H21N3O3. The van der Waals surface area contributed by atoms with Crippen molar-refractivity contribution in [2.24, 2.45) is 11.7 Å². The van der Waals surface area contributed by atoms with Crippen molar-refractivity contribution in [1.29, 1.82) is 0 Å². The molecule has 4 N–H and O–H groups in total. The van der Waals surface area contributed by atoms with Crippen LogP contribution < -0.4 is 21.1 Å². The van der Waals surface area contributed by atoms with Gasteiger partial charge in [-0.2, -0.15) is 0 Å². The number of carbonyl (C=O) groups is 2. The Labute approximate surface area is 124 Å². The van der Waals surface area contributed by atoms with Crippen molar-refractivity contribution in [3.8, 4) is 5.75 Å². The second-order valence-corrected chi connectivity index (χ2v) is 5.13. The molecule has 1 aromatic rings. The average molecular weight is 291 g/mol. The summed E-state index contributed by atoms with van der Waals surface area (Å²) in [4.78, 5) is 23.3. The predicted octanol–water partition coefficient (Wildman–Crippen LogP) is 0.0351. The van der Waals surface area contributed by atoms with Gasteiger partial charge in [0, 0.05) is 12.6 Å². The minimum atomic E-state index is -0.329. The Bertz CT molecular complexity index is 474. The summed E-state index contributed by atoms with van der Waals surface area (Å²) in [7, 11) is 0. The molecule has 0 heterocycles. The minimum absolute atomic E-state index is 0.0231. The standard InChI is InChI=1S/C15H21N3O3/c16-8-13(11-6-7-11)18-14(19)9-17-15(20)10-21-12-4-2-1-3-5-12/h1-5,11,13H,6-10,16H2,(H,17,20)(H,18,19). The van der Waals surface area contributed by atoms with Crippen LogP contribution in [0.4, 0.5) is 0 Å². The van der Waals surface area contributed by atoms with Gasteiger partial charge in [-0.15, -0.1) is 0 Å². The van der Waals surface area contributed by atoms with Crippen molar-refractivity contribution in [3.63, 3.8) is 0 Å². The summed E-state index contributed by atoms with van der Waals surface area (Å²) in [5, 5.41) is 5.36. The van der Waals surface area contributed by atoms with Gasteiger partial charge in [-0.25, -0.2) is 0 Å². The summed E-state index contributed by atoms with van der Waals surface area (Å²) in [6.07, 6.45) is 2.22. The van der Waals surface area contributed by atoms with Crippen molar-refractivity contribution in [2.45, 2.75) is 18.9 Å². The number of nitrogens with two attached hydrogens (primary N) is 1. The zero-order valence-electron chi connectivity index (χ0n) is 11.9. The zero-order valence-corrected chi connectivity index (χ0v) is 11.9. The molecule has 1 aliphatic carbocycles. The maximum Gasteiger partial charge on any atom is 0.258 e. The number of benzene rings is 1. The summed E-state index contributed by atoms with van der Waals surface area (Å²) in [5.41, 5.74) is 5.61. The van der Waals surface area contributed by atoms with Crippen LogP contribution in [0.15, 0.2) is 30.3 Å². The molecule has 21 heavy (non-hydrogen) atoms. The van der Waals surface area contributed by atoms with Crippen LogP contribution in [0.5, 0.6) is 5.75 Å². The molecule has 6 nitrogen and oxygen atoms in total. The van der Waals surface area contributed by atoms with Gasteiger partial charge in [0.05, 0.1) is 6.54 Å². The summed E-state index contributed by atoms with van der Waals surface area (Å²) < 4.78 is 5.29. The normalized spacial score (nSPS) is 15.1. The third-order valence-corrected chi connectivity index (χ3v) is 3.35. The highest BCUT2D eigenvalue weighted by Gasteiger charge is 2.31. The Kier molecular flexibility index (Phi) is 5.57. The number of para-hydroxylation sites is 1. The zero-order chi connectivity index (χ0) is 15.1. The monoisotopic (exact) mass is 291 g/mol. The Balaban J connectivity index is 1.62. The van der Waals surface area contributed by atoms with Crippen molar-refractivity contribution < 1.29 is 14.3 Å². The van der Waals surface area contributed by atoms with E-state index in [1.54, 1.807) is 12.1 Å². The van der Waals surface area contributed by atoms with E-state index in [1.165, 1.54) is 0 Å². The van der Waals surface area contributed by atoms with Crippen LogP contribution in [0.3, 0.4) is 0 Å². The Morgan fingerprint density at radius 1 is 1.24 bits per heavy atom. The van der Waals surface area contributed by atoms with Crippen LogP contribution in [0, 0.1) is 5.92 Å². The largest absolute Gasteiger partial charge is 0.484 e. The molecule has 6 heteroatoms. The third-order valence-electron chi connectivity index (χ3n) is 3.35. The molecule has 0 aromatic heterocycles. The molecule has 0 bridgehead atoms. The van der Waals surface area contributed by atoms with Gasteiger partial charge < -0.3 is 21.1 Å². The van der Waals surface area contributed by atoms with E-state index in [9.17, 15) is 9.59 Å². The fourth-order valence-corrected chi connectivity index (χ4v) is 2.02. The highest BCUT2D eigenvalue weighted by molar-refractivity contribution is 5.85. The summed E-state index contributed by atoms with van der Waals surface area (Å²) in [6.45, 7) is 0.266. The number of nitrogens with one attached hydrogen (secondary N) is 2. The van der Waals surface area contributed by atoms with Crippen LogP contribution in [0.2, 0.25) is 0 Å². The number of rotatable bonds is 8. The Morgan fingerprint density at radius 2 is 1.95 bits per heavy atom. The predicted molar refractivity (Wildman–Crippen MR) is 78.7 cm³/mol. The molecule has 0 radical (unpaired) electrons. The van der Waals surface area contributed by atoms with Gasteiger partial charge in [0.25, 0.3) is 5.91 Å². The second-order valence-electron chi connectivity index (χ2n) is 5.13. The van der Waals surface area contributed by atoms with Gasteiger partial charge in [-0.1, -0.05) is 18.2 Å². The first-order chi connectivity index (χ1) is 10.2. The van der Waals surface area contributed by atoms with Crippen LogP contribution in [0.1, 0.15) is 12.8 Å². The van der Waals surface area contributed by atoms with Crippen LogP contribution in [-0.4, -0.2) is 37.6 Å². The lowest BCUT2D eigenvalue weighted by molar-refractivity contribution is -0.127. The molecule has 0 aliphatic heterocycles. The summed E-state index contributed by atoms with van der Waals surface area (Å²) >= 11 is 0. The van der Waals surface area contributed by atoms with E-state index in [2.05, 4.69) is 10.6 Å². The summed E-state index contributed by atoms with van der Waals surface area (Å²) in [5.74, 6) is 0.570. The first-order valence-corrected chi connectivity index (χ1v) is 7.13. The topological polar surface area (TPSA) is 93.5 Å². The number of ether oxygens (including phenoxy) is 1. The van der Waals surface area contributed by atoms with Gasteiger partial charge in [-0.3, -0.25) is 9.59 Å². The van der Waals surface area contributed by atoms with Gasteiger partial charge in [0.1, 0.15) is 5.75 Å². The molecule has 2 rings (SSSR count). The van der Waals surface area contributed by atoms with Crippen LogP contribution in [0.25, 0.3) is 0 Å². The quantitative estimate of drug-likeness (QED) is 0.630. The molecule has 1 atom stereocenters. The lowest BCUT2D eigenvalue weighted by atomic mass is 10.2. The van der Waals surface area contributed by atoms with Gasteiger partial charge in [0.15, 0.2) is 6.61 Å². The van der Waals surface area contributed by atoms with E-state index in [0.29, 0.717) is 18.2 Å². The molecule has 1 saturated carbocycles.